The highest BCUT2D eigenvalue weighted by Gasteiger charge is 2.15. The summed E-state index contributed by atoms with van der Waals surface area (Å²) in [6, 6.07) is 1.65. The molecule has 0 aromatic rings. The normalized spacial score (nSPS) is 14.7. The molecule has 0 rings (SSSR count). The number of amides is 1. The van der Waals surface area contributed by atoms with Crippen molar-refractivity contribution in [1.29, 1.82) is 5.26 Å². The lowest BCUT2D eigenvalue weighted by atomic mass is 10.0. The van der Waals surface area contributed by atoms with Gasteiger partial charge in [0.15, 0.2) is 0 Å². The van der Waals surface area contributed by atoms with Gasteiger partial charge in [-0.1, -0.05) is 6.92 Å². The van der Waals surface area contributed by atoms with E-state index in [2.05, 4.69) is 5.32 Å². The van der Waals surface area contributed by atoms with Gasteiger partial charge in [-0.25, -0.2) is 0 Å². The van der Waals surface area contributed by atoms with Gasteiger partial charge < -0.3 is 11.1 Å². The lowest BCUT2D eigenvalue weighted by molar-refractivity contribution is -0.124. The smallest absolute Gasteiger partial charge is 0.225 e. The molecule has 1 amide bonds. The van der Waals surface area contributed by atoms with E-state index in [1.807, 2.05) is 6.07 Å². The maximum atomic E-state index is 11.0. The van der Waals surface area contributed by atoms with Gasteiger partial charge in [-0.2, -0.15) is 5.26 Å². The summed E-state index contributed by atoms with van der Waals surface area (Å²) in [6.07, 6.45) is 0. The molecule has 3 N–H and O–H groups in total. The number of rotatable bonds is 3. The molecule has 0 saturated heterocycles. The number of hydrogen-bond donors (Lipinski definition) is 2. The monoisotopic (exact) mass is 155 g/mol. The molecule has 62 valence electrons. The molecule has 0 aromatic carbocycles. The lowest BCUT2D eigenvalue weighted by Gasteiger charge is -2.13. The predicted molar refractivity (Wildman–Crippen MR) is 41.4 cm³/mol. The van der Waals surface area contributed by atoms with Gasteiger partial charge in [0.25, 0.3) is 0 Å². The van der Waals surface area contributed by atoms with Crippen LogP contribution in [-0.4, -0.2) is 18.5 Å². The number of carbonyl (C=O) groups is 1. The van der Waals surface area contributed by atoms with Crippen LogP contribution in [-0.2, 0) is 4.79 Å². The Hall–Kier alpha value is -1.08. The second kappa shape index (κ2) is 4.69. The van der Waals surface area contributed by atoms with Crippen molar-refractivity contribution in [3.05, 3.63) is 0 Å². The van der Waals surface area contributed by atoms with Gasteiger partial charge in [0.1, 0.15) is 6.54 Å². The Morgan fingerprint density at radius 3 is 2.64 bits per heavy atom. The Balaban J connectivity index is 3.76. The van der Waals surface area contributed by atoms with E-state index < -0.39 is 0 Å². The zero-order chi connectivity index (χ0) is 8.85. The second-order valence-electron chi connectivity index (χ2n) is 2.52. The van der Waals surface area contributed by atoms with Gasteiger partial charge in [-0.15, -0.1) is 0 Å². The first-order valence-electron chi connectivity index (χ1n) is 3.49. The Bertz CT molecular complexity index is 171. The van der Waals surface area contributed by atoms with E-state index in [0.717, 1.165) is 0 Å². The van der Waals surface area contributed by atoms with Crippen LogP contribution in [0.2, 0.25) is 0 Å². The van der Waals surface area contributed by atoms with Crippen LogP contribution >= 0.6 is 0 Å². The van der Waals surface area contributed by atoms with Crippen LogP contribution in [0.25, 0.3) is 0 Å². The molecule has 0 saturated carbocycles. The van der Waals surface area contributed by atoms with Crippen molar-refractivity contribution in [3.8, 4) is 6.07 Å². The van der Waals surface area contributed by atoms with Crippen molar-refractivity contribution in [1.82, 2.24) is 5.32 Å². The maximum Gasteiger partial charge on any atom is 0.225 e. The zero-order valence-corrected chi connectivity index (χ0v) is 6.79. The number of nitrogens with two attached hydrogens (primary N) is 1. The highest BCUT2D eigenvalue weighted by Crippen LogP contribution is 1.98. The van der Waals surface area contributed by atoms with E-state index >= 15 is 0 Å². The van der Waals surface area contributed by atoms with E-state index in [1.54, 1.807) is 13.8 Å². The van der Waals surface area contributed by atoms with Crippen molar-refractivity contribution in [2.24, 2.45) is 11.7 Å². The molecule has 2 atom stereocenters. The number of carbonyl (C=O) groups excluding carboxylic acids is 1. The first-order chi connectivity index (χ1) is 5.09. The summed E-state index contributed by atoms with van der Waals surface area (Å²) in [4.78, 5) is 11.0. The molecule has 4 heteroatoms. The van der Waals surface area contributed by atoms with E-state index in [1.165, 1.54) is 0 Å². The summed E-state index contributed by atoms with van der Waals surface area (Å²) in [5.41, 5.74) is 5.46. The molecule has 0 spiro atoms. The largest absolute Gasteiger partial charge is 0.343 e. The molecule has 0 aliphatic rings. The SMILES string of the molecule is CC(N)C(C)C(=O)NCC#N. The van der Waals surface area contributed by atoms with E-state index in [9.17, 15) is 4.79 Å². The summed E-state index contributed by atoms with van der Waals surface area (Å²) < 4.78 is 0. The molecule has 0 aliphatic heterocycles. The van der Waals surface area contributed by atoms with Crippen LogP contribution in [0.5, 0.6) is 0 Å². The number of nitrogens with one attached hydrogen (secondary N) is 1. The summed E-state index contributed by atoms with van der Waals surface area (Å²) in [5, 5.41) is 10.6. The van der Waals surface area contributed by atoms with E-state index in [-0.39, 0.29) is 24.4 Å². The Labute approximate surface area is 66.4 Å². The third-order valence-electron chi connectivity index (χ3n) is 1.54. The average molecular weight is 155 g/mol. The van der Waals surface area contributed by atoms with Crippen molar-refractivity contribution in [3.63, 3.8) is 0 Å². The van der Waals surface area contributed by atoms with Gasteiger partial charge in [0, 0.05) is 12.0 Å². The van der Waals surface area contributed by atoms with Crippen LogP contribution in [0, 0.1) is 17.2 Å². The van der Waals surface area contributed by atoms with Gasteiger partial charge >= 0.3 is 0 Å². The van der Waals surface area contributed by atoms with Crippen molar-refractivity contribution >= 4 is 5.91 Å². The fourth-order valence-corrected chi connectivity index (χ4v) is 0.526. The van der Waals surface area contributed by atoms with Crippen molar-refractivity contribution in [2.75, 3.05) is 6.54 Å². The van der Waals surface area contributed by atoms with Gasteiger partial charge in [0.05, 0.1) is 6.07 Å². The second-order valence-corrected chi connectivity index (χ2v) is 2.52. The highest BCUT2D eigenvalue weighted by atomic mass is 16.1. The Morgan fingerprint density at radius 1 is 1.73 bits per heavy atom. The minimum Gasteiger partial charge on any atom is -0.343 e. The van der Waals surface area contributed by atoms with Gasteiger partial charge in [-0.3, -0.25) is 4.79 Å². The molecule has 0 aliphatic carbocycles. The van der Waals surface area contributed by atoms with Crippen LogP contribution in [0.4, 0.5) is 0 Å². The topological polar surface area (TPSA) is 78.9 Å². The van der Waals surface area contributed by atoms with Crippen LogP contribution in [0.1, 0.15) is 13.8 Å². The number of hydrogen-bond acceptors (Lipinski definition) is 3. The van der Waals surface area contributed by atoms with Crippen molar-refractivity contribution < 1.29 is 4.79 Å². The standard InChI is InChI=1S/C7H13N3O/c1-5(6(2)9)7(11)10-4-3-8/h5-6H,4,9H2,1-2H3,(H,10,11). The van der Waals surface area contributed by atoms with Crippen LogP contribution < -0.4 is 11.1 Å². The predicted octanol–water partition coefficient (Wildman–Crippen LogP) is -0.391. The Kier molecular flexibility index (Phi) is 4.23. The molecule has 0 heterocycles. The van der Waals surface area contributed by atoms with Gasteiger partial charge in [-0.05, 0) is 6.92 Å². The van der Waals surface area contributed by atoms with Crippen molar-refractivity contribution in [2.45, 2.75) is 19.9 Å². The number of nitrogens with zero attached hydrogens (tertiary/aromatic N) is 1. The molecular weight excluding hydrogens is 142 g/mol. The molecule has 0 radical (unpaired) electrons. The third kappa shape index (κ3) is 3.58. The maximum absolute atomic E-state index is 11.0. The summed E-state index contributed by atoms with van der Waals surface area (Å²) in [6.45, 7) is 3.55. The summed E-state index contributed by atoms with van der Waals surface area (Å²) in [5.74, 6) is -0.398. The molecule has 2 unspecified atom stereocenters. The summed E-state index contributed by atoms with van der Waals surface area (Å²) >= 11 is 0. The van der Waals surface area contributed by atoms with E-state index in [0.29, 0.717) is 0 Å². The Morgan fingerprint density at radius 2 is 2.27 bits per heavy atom. The fourth-order valence-electron chi connectivity index (χ4n) is 0.526. The van der Waals surface area contributed by atoms with E-state index in [4.69, 9.17) is 11.0 Å². The molecule has 0 bridgehead atoms. The molecule has 11 heavy (non-hydrogen) atoms. The molecule has 0 fully saturated rings. The summed E-state index contributed by atoms with van der Waals surface area (Å²) in [7, 11) is 0. The quantitative estimate of drug-likeness (QED) is 0.545. The lowest BCUT2D eigenvalue weighted by Crippen LogP contribution is -2.38. The average Bonchev–Trinajstić information content (AvgIpc) is 1.98. The molecule has 0 aromatic heterocycles. The minimum absolute atomic E-state index is 0.0515. The van der Waals surface area contributed by atoms with Gasteiger partial charge in [0.2, 0.25) is 5.91 Å². The fraction of sp³-hybridized carbons (Fsp3) is 0.714. The number of nitriles is 1. The minimum atomic E-state index is -0.233. The highest BCUT2D eigenvalue weighted by molar-refractivity contribution is 5.79. The zero-order valence-electron chi connectivity index (χ0n) is 6.79. The first-order valence-corrected chi connectivity index (χ1v) is 3.49. The van der Waals surface area contributed by atoms with Crippen LogP contribution in [0.15, 0.2) is 0 Å². The third-order valence-corrected chi connectivity index (χ3v) is 1.54. The molecular formula is C7H13N3O. The first kappa shape index (κ1) is 9.92. The van der Waals surface area contributed by atoms with Crippen LogP contribution in [0.3, 0.4) is 0 Å². The molecule has 4 nitrogen and oxygen atoms in total.